The summed E-state index contributed by atoms with van der Waals surface area (Å²) in [4.78, 5) is 2.75. The van der Waals surface area contributed by atoms with Gasteiger partial charge in [0.1, 0.15) is 0 Å². The fourth-order valence-electron chi connectivity index (χ4n) is 4.72. The van der Waals surface area contributed by atoms with Crippen LogP contribution in [0.4, 0.5) is 0 Å². The molecule has 0 unspecified atom stereocenters. The van der Waals surface area contributed by atoms with Crippen LogP contribution < -0.4 is 5.32 Å². The Morgan fingerprint density at radius 2 is 1.44 bits per heavy atom. The van der Waals surface area contributed by atoms with Gasteiger partial charge in [-0.2, -0.15) is 0 Å². The van der Waals surface area contributed by atoms with Crippen molar-refractivity contribution in [3.8, 4) is 11.1 Å². The van der Waals surface area contributed by atoms with Gasteiger partial charge in [0.2, 0.25) is 0 Å². The number of benzene rings is 2. The molecule has 4 heteroatoms. The normalized spacial score (nSPS) is 19.6. The van der Waals surface area contributed by atoms with Crippen molar-refractivity contribution in [2.45, 2.75) is 38.1 Å². The molecule has 2 aromatic rings. The monoisotopic (exact) mass is 406 g/mol. The lowest BCUT2D eigenvalue weighted by atomic mass is 9.79. The average molecular weight is 407 g/mol. The molecule has 2 fully saturated rings. The molecule has 0 aromatic heterocycles. The van der Waals surface area contributed by atoms with E-state index in [9.17, 15) is 0 Å². The zero-order valence-electron chi connectivity index (χ0n) is 16.0. The summed E-state index contributed by atoms with van der Waals surface area (Å²) in [5, 5.41) is 3.52. The quantitative estimate of drug-likeness (QED) is 0.697. The molecule has 2 nitrogen and oxygen atoms in total. The van der Waals surface area contributed by atoms with Gasteiger partial charge in [-0.1, -0.05) is 67.8 Å². The van der Waals surface area contributed by atoms with Crippen LogP contribution in [0.2, 0.25) is 0 Å². The van der Waals surface area contributed by atoms with Crippen LogP contribution in [0.1, 0.15) is 43.7 Å². The molecule has 1 heterocycles. The van der Waals surface area contributed by atoms with Crippen LogP contribution in [0.3, 0.4) is 0 Å². The van der Waals surface area contributed by atoms with Crippen LogP contribution in [0.15, 0.2) is 54.6 Å². The summed E-state index contributed by atoms with van der Waals surface area (Å²) in [6, 6.07) is 20.7. The number of hydrogen-bond donors (Lipinski definition) is 1. The van der Waals surface area contributed by atoms with E-state index in [0.717, 1.165) is 19.0 Å². The lowest BCUT2D eigenvalue weighted by Crippen LogP contribution is -2.47. The van der Waals surface area contributed by atoms with Crippen molar-refractivity contribution in [3.63, 3.8) is 0 Å². The van der Waals surface area contributed by atoms with Crippen LogP contribution in [0.25, 0.3) is 11.1 Å². The Bertz CT molecular complexity index is 647. The van der Waals surface area contributed by atoms with Crippen LogP contribution in [0, 0.1) is 5.92 Å². The first kappa shape index (κ1) is 22.2. The maximum atomic E-state index is 3.52. The second kappa shape index (κ2) is 11.1. The Kier molecular flexibility index (Phi) is 9.11. The van der Waals surface area contributed by atoms with Gasteiger partial charge in [0, 0.05) is 32.2 Å². The first-order chi connectivity index (χ1) is 12.4. The molecule has 1 aliphatic heterocycles. The summed E-state index contributed by atoms with van der Waals surface area (Å²) in [7, 11) is 0. The Morgan fingerprint density at radius 1 is 0.778 bits per heavy atom. The summed E-state index contributed by atoms with van der Waals surface area (Å²) < 4.78 is 0. The molecule has 1 saturated carbocycles. The van der Waals surface area contributed by atoms with E-state index in [1.165, 1.54) is 61.9 Å². The highest BCUT2D eigenvalue weighted by atomic mass is 35.5. The van der Waals surface area contributed by atoms with Crippen molar-refractivity contribution in [1.29, 1.82) is 0 Å². The average Bonchev–Trinajstić information content (AvgIpc) is 2.71. The first-order valence-electron chi connectivity index (χ1n) is 10.0. The third-order valence-corrected chi connectivity index (χ3v) is 5.98. The van der Waals surface area contributed by atoms with Gasteiger partial charge in [-0.15, -0.1) is 24.8 Å². The van der Waals surface area contributed by atoms with Gasteiger partial charge in [-0.3, -0.25) is 4.90 Å². The molecule has 1 N–H and O–H groups in total. The standard InChI is InChI=1S/C23H30N2.2ClH/c1-3-8-19(9-4-1)21-12-7-13-22(18-21)23(20-10-5-2-6-11-20)25-16-14-24-15-17-25;;/h1,3-4,7-9,12-13,18,20,23-24H,2,5-6,10-11,14-17H2;2*1H/t23-;;/m0../s1. The lowest BCUT2D eigenvalue weighted by Gasteiger charge is -2.41. The molecule has 1 aliphatic carbocycles. The maximum absolute atomic E-state index is 3.52. The number of halogens is 2. The van der Waals surface area contributed by atoms with Crippen molar-refractivity contribution in [2.75, 3.05) is 26.2 Å². The topological polar surface area (TPSA) is 15.3 Å². The SMILES string of the molecule is Cl.Cl.c1ccc(-c2cccc([C@H](C3CCCCC3)N3CCNCC3)c2)cc1. The van der Waals surface area contributed by atoms with E-state index in [1.807, 2.05) is 0 Å². The molecule has 4 rings (SSSR count). The van der Waals surface area contributed by atoms with Crippen LogP contribution in [-0.2, 0) is 0 Å². The summed E-state index contributed by atoms with van der Waals surface area (Å²) >= 11 is 0. The number of hydrogen-bond acceptors (Lipinski definition) is 2. The van der Waals surface area contributed by atoms with Crippen LogP contribution in [-0.4, -0.2) is 31.1 Å². The van der Waals surface area contributed by atoms with Gasteiger partial charge >= 0.3 is 0 Å². The minimum Gasteiger partial charge on any atom is -0.314 e. The number of nitrogens with one attached hydrogen (secondary N) is 1. The molecule has 148 valence electrons. The largest absolute Gasteiger partial charge is 0.314 e. The predicted octanol–water partition coefficient (Wildman–Crippen LogP) is 5.72. The first-order valence-corrected chi connectivity index (χ1v) is 10.0. The maximum Gasteiger partial charge on any atom is 0.0377 e. The van der Waals surface area contributed by atoms with Gasteiger partial charge in [0.25, 0.3) is 0 Å². The molecular weight excluding hydrogens is 375 g/mol. The van der Waals surface area contributed by atoms with Gasteiger partial charge in [0.05, 0.1) is 0 Å². The van der Waals surface area contributed by atoms with Crippen molar-refractivity contribution >= 4 is 24.8 Å². The van der Waals surface area contributed by atoms with Crippen LogP contribution >= 0.6 is 24.8 Å². The number of nitrogens with zero attached hydrogens (tertiary/aromatic N) is 1. The van der Waals surface area contributed by atoms with E-state index in [1.54, 1.807) is 0 Å². The zero-order chi connectivity index (χ0) is 16.9. The fourth-order valence-corrected chi connectivity index (χ4v) is 4.72. The Hall–Kier alpha value is -1.06. The van der Waals surface area contributed by atoms with Gasteiger partial charge in [0.15, 0.2) is 0 Å². The minimum absolute atomic E-state index is 0. The van der Waals surface area contributed by atoms with E-state index in [2.05, 4.69) is 64.8 Å². The molecule has 1 atom stereocenters. The predicted molar refractivity (Wildman–Crippen MR) is 120 cm³/mol. The van der Waals surface area contributed by atoms with E-state index in [0.29, 0.717) is 6.04 Å². The number of piperazine rings is 1. The Morgan fingerprint density at radius 3 is 2.15 bits per heavy atom. The minimum atomic E-state index is 0. The number of rotatable bonds is 4. The van der Waals surface area contributed by atoms with E-state index in [-0.39, 0.29) is 24.8 Å². The molecule has 27 heavy (non-hydrogen) atoms. The summed E-state index contributed by atoms with van der Waals surface area (Å²) in [5.41, 5.74) is 4.20. The fraction of sp³-hybridized carbons (Fsp3) is 0.478. The van der Waals surface area contributed by atoms with E-state index >= 15 is 0 Å². The highest BCUT2D eigenvalue weighted by Crippen LogP contribution is 2.39. The van der Waals surface area contributed by atoms with E-state index < -0.39 is 0 Å². The van der Waals surface area contributed by atoms with Gasteiger partial charge < -0.3 is 5.32 Å². The molecular formula is C23H32Cl2N2. The summed E-state index contributed by atoms with van der Waals surface area (Å²) in [6.45, 7) is 4.61. The summed E-state index contributed by atoms with van der Waals surface area (Å²) in [5.74, 6) is 0.817. The molecule has 0 spiro atoms. The molecule has 2 aromatic carbocycles. The third kappa shape index (κ3) is 5.48. The molecule has 0 radical (unpaired) electrons. The highest BCUT2D eigenvalue weighted by molar-refractivity contribution is 5.85. The molecule has 0 amide bonds. The zero-order valence-corrected chi connectivity index (χ0v) is 17.6. The van der Waals surface area contributed by atoms with Crippen molar-refractivity contribution in [1.82, 2.24) is 10.2 Å². The van der Waals surface area contributed by atoms with Crippen molar-refractivity contribution in [3.05, 3.63) is 60.2 Å². The third-order valence-electron chi connectivity index (χ3n) is 5.98. The molecule has 2 aliphatic rings. The highest BCUT2D eigenvalue weighted by Gasteiger charge is 2.30. The lowest BCUT2D eigenvalue weighted by molar-refractivity contribution is 0.103. The van der Waals surface area contributed by atoms with Crippen molar-refractivity contribution < 1.29 is 0 Å². The second-order valence-electron chi connectivity index (χ2n) is 7.62. The molecule has 1 saturated heterocycles. The second-order valence-corrected chi connectivity index (χ2v) is 7.62. The van der Waals surface area contributed by atoms with Crippen molar-refractivity contribution in [2.24, 2.45) is 5.92 Å². The molecule has 0 bridgehead atoms. The van der Waals surface area contributed by atoms with Crippen LogP contribution in [0.5, 0.6) is 0 Å². The van der Waals surface area contributed by atoms with Gasteiger partial charge in [-0.05, 0) is 41.5 Å². The van der Waals surface area contributed by atoms with Gasteiger partial charge in [-0.25, -0.2) is 0 Å². The smallest absolute Gasteiger partial charge is 0.0377 e. The summed E-state index contributed by atoms with van der Waals surface area (Å²) in [6.07, 6.45) is 7.03. The Labute approximate surface area is 176 Å². The Balaban J connectivity index is 0.00000131. The van der Waals surface area contributed by atoms with E-state index in [4.69, 9.17) is 0 Å².